The van der Waals surface area contributed by atoms with Crippen molar-refractivity contribution < 1.29 is 4.79 Å². The molecule has 0 bridgehead atoms. The summed E-state index contributed by atoms with van der Waals surface area (Å²) in [5.41, 5.74) is 6.64. The Kier molecular flexibility index (Phi) is 5.15. The van der Waals surface area contributed by atoms with E-state index >= 15 is 0 Å². The van der Waals surface area contributed by atoms with Crippen LogP contribution in [0.2, 0.25) is 0 Å². The molecule has 1 atom stereocenters. The van der Waals surface area contributed by atoms with Crippen LogP contribution in [-0.2, 0) is 0 Å². The van der Waals surface area contributed by atoms with Gasteiger partial charge in [-0.05, 0) is 53.4 Å². The lowest BCUT2D eigenvalue weighted by Gasteiger charge is -2.22. The van der Waals surface area contributed by atoms with Crippen LogP contribution in [0, 0.1) is 5.41 Å². The van der Waals surface area contributed by atoms with Crippen molar-refractivity contribution in [1.82, 2.24) is 4.90 Å². The van der Waals surface area contributed by atoms with E-state index in [0.29, 0.717) is 6.54 Å². The summed E-state index contributed by atoms with van der Waals surface area (Å²) in [7, 11) is 0. The van der Waals surface area contributed by atoms with Crippen LogP contribution in [-0.4, -0.2) is 30.4 Å². The highest BCUT2D eigenvalue weighted by atomic mass is 79.9. The summed E-state index contributed by atoms with van der Waals surface area (Å²) < 4.78 is 1.05. The van der Waals surface area contributed by atoms with Gasteiger partial charge in [-0.1, -0.05) is 35.0 Å². The predicted octanol–water partition coefficient (Wildman–Crippen LogP) is 3.84. The van der Waals surface area contributed by atoms with E-state index in [1.54, 1.807) is 0 Å². The summed E-state index contributed by atoms with van der Waals surface area (Å²) in [5.74, 6) is 0.108. The third-order valence-corrected chi connectivity index (χ3v) is 4.88. The molecule has 118 valence electrons. The summed E-state index contributed by atoms with van der Waals surface area (Å²) >= 11 is 3.47. The molecule has 1 amide bonds. The van der Waals surface area contributed by atoms with E-state index in [4.69, 9.17) is 5.73 Å². The van der Waals surface area contributed by atoms with E-state index in [1.807, 2.05) is 35.2 Å². The molecule has 2 aromatic carbocycles. The number of amides is 1. The third-order valence-electron chi connectivity index (χ3n) is 4.39. The minimum atomic E-state index is 0. The van der Waals surface area contributed by atoms with E-state index < -0.39 is 0 Å². The molecule has 5 heteroatoms. The van der Waals surface area contributed by atoms with Crippen molar-refractivity contribution in [2.75, 3.05) is 19.6 Å². The minimum Gasteiger partial charge on any atom is -0.338 e. The lowest BCUT2D eigenvalue weighted by atomic mass is 9.90. The van der Waals surface area contributed by atoms with E-state index in [9.17, 15) is 4.79 Å². The van der Waals surface area contributed by atoms with Gasteiger partial charge in [-0.2, -0.15) is 0 Å². The molecule has 1 aliphatic heterocycles. The molecule has 2 aromatic rings. The highest BCUT2D eigenvalue weighted by molar-refractivity contribution is 9.10. The second-order valence-corrected chi connectivity index (χ2v) is 7.11. The Balaban J connectivity index is 0.00000176. The average Bonchev–Trinajstić information content (AvgIpc) is 2.89. The van der Waals surface area contributed by atoms with E-state index in [0.717, 1.165) is 40.3 Å². The second kappa shape index (κ2) is 6.57. The Morgan fingerprint density at radius 2 is 1.95 bits per heavy atom. The van der Waals surface area contributed by atoms with Gasteiger partial charge in [0.15, 0.2) is 0 Å². The Morgan fingerprint density at radius 3 is 2.64 bits per heavy atom. The van der Waals surface area contributed by atoms with Gasteiger partial charge in [-0.15, -0.1) is 12.4 Å². The first-order chi connectivity index (χ1) is 10.0. The number of benzene rings is 2. The molecule has 0 radical (unpaired) electrons. The van der Waals surface area contributed by atoms with E-state index in [-0.39, 0.29) is 23.7 Å². The number of nitrogens with zero attached hydrogens (tertiary/aromatic N) is 1. The van der Waals surface area contributed by atoms with Gasteiger partial charge in [-0.25, -0.2) is 0 Å². The SMILES string of the molecule is CC1(CN)CCN(C(=O)c2ccc3cc(Br)ccc3c2)C1.Cl. The number of carbonyl (C=O) groups excluding carboxylic acids is 1. The van der Waals surface area contributed by atoms with Gasteiger partial charge in [0, 0.05) is 23.1 Å². The maximum Gasteiger partial charge on any atom is 0.253 e. The van der Waals surface area contributed by atoms with E-state index in [1.165, 1.54) is 0 Å². The first kappa shape index (κ1) is 17.3. The largest absolute Gasteiger partial charge is 0.338 e. The molecule has 3 rings (SSSR count). The van der Waals surface area contributed by atoms with Crippen molar-refractivity contribution in [2.24, 2.45) is 11.1 Å². The Morgan fingerprint density at radius 1 is 1.27 bits per heavy atom. The number of likely N-dealkylation sites (tertiary alicyclic amines) is 1. The smallest absolute Gasteiger partial charge is 0.253 e. The number of rotatable bonds is 2. The monoisotopic (exact) mass is 382 g/mol. The van der Waals surface area contributed by atoms with Crippen molar-refractivity contribution in [1.29, 1.82) is 0 Å². The van der Waals surface area contributed by atoms with Gasteiger partial charge in [-0.3, -0.25) is 4.79 Å². The van der Waals surface area contributed by atoms with Gasteiger partial charge in [0.25, 0.3) is 5.91 Å². The first-order valence-corrected chi connectivity index (χ1v) is 7.99. The maximum absolute atomic E-state index is 12.6. The normalized spacial score (nSPS) is 21.0. The number of hydrogen-bond acceptors (Lipinski definition) is 2. The zero-order valence-electron chi connectivity index (χ0n) is 12.5. The molecule has 1 heterocycles. The molecule has 1 fully saturated rings. The molecule has 1 unspecified atom stereocenters. The third kappa shape index (κ3) is 3.29. The number of hydrogen-bond donors (Lipinski definition) is 1. The fraction of sp³-hybridized carbons (Fsp3) is 0.353. The second-order valence-electron chi connectivity index (χ2n) is 6.20. The van der Waals surface area contributed by atoms with Gasteiger partial charge < -0.3 is 10.6 Å². The van der Waals surface area contributed by atoms with Crippen LogP contribution in [0.5, 0.6) is 0 Å². The summed E-state index contributed by atoms with van der Waals surface area (Å²) in [4.78, 5) is 14.6. The predicted molar refractivity (Wildman–Crippen MR) is 96.6 cm³/mol. The van der Waals surface area contributed by atoms with Crippen LogP contribution in [0.1, 0.15) is 23.7 Å². The molecule has 22 heavy (non-hydrogen) atoms. The fourth-order valence-electron chi connectivity index (χ4n) is 2.90. The molecule has 0 spiro atoms. The Labute approximate surface area is 145 Å². The molecule has 1 saturated heterocycles. The van der Waals surface area contributed by atoms with Crippen LogP contribution in [0.4, 0.5) is 0 Å². The fourth-order valence-corrected chi connectivity index (χ4v) is 3.27. The van der Waals surface area contributed by atoms with Crippen molar-refractivity contribution in [3.63, 3.8) is 0 Å². The molecular weight excluding hydrogens is 364 g/mol. The van der Waals surface area contributed by atoms with Crippen LogP contribution in [0.3, 0.4) is 0 Å². The van der Waals surface area contributed by atoms with Gasteiger partial charge in [0.05, 0.1) is 0 Å². The Bertz CT molecular complexity index is 706. The van der Waals surface area contributed by atoms with Gasteiger partial charge in [0.1, 0.15) is 0 Å². The number of halogens is 2. The molecular formula is C17H20BrClN2O. The van der Waals surface area contributed by atoms with Crippen LogP contribution in [0.15, 0.2) is 40.9 Å². The highest BCUT2D eigenvalue weighted by Gasteiger charge is 2.35. The number of nitrogens with two attached hydrogens (primary N) is 1. The molecule has 0 saturated carbocycles. The molecule has 1 aliphatic rings. The zero-order chi connectivity index (χ0) is 15.0. The van der Waals surface area contributed by atoms with Crippen molar-refractivity contribution in [3.8, 4) is 0 Å². The van der Waals surface area contributed by atoms with E-state index in [2.05, 4.69) is 28.9 Å². The highest BCUT2D eigenvalue weighted by Crippen LogP contribution is 2.30. The molecule has 0 aliphatic carbocycles. The zero-order valence-corrected chi connectivity index (χ0v) is 14.9. The van der Waals surface area contributed by atoms with Crippen LogP contribution < -0.4 is 5.73 Å². The molecule has 3 nitrogen and oxygen atoms in total. The number of fused-ring (bicyclic) bond motifs is 1. The maximum atomic E-state index is 12.6. The summed E-state index contributed by atoms with van der Waals surface area (Å²) in [6.07, 6.45) is 0.982. The van der Waals surface area contributed by atoms with Gasteiger partial charge >= 0.3 is 0 Å². The summed E-state index contributed by atoms with van der Waals surface area (Å²) in [5, 5.41) is 2.22. The summed E-state index contributed by atoms with van der Waals surface area (Å²) in [6, 6.07) is 12.0. The Hall–Kier alpha value is -1.10. The standard InChI is InChI=1S/C17H19BrN2O.ClH/c1-17(10-19)6-7-20(11-17)16(21)14-3-2-13-9-15(18)5-4-12(13)8-14;/h2-5,8-9H,6-7,10-11,19H2,1H3;1H. The number of carbonyl (C=O) groups is 1. The van der Waals surface area contributed by atoms with Crippen molar-refractivity contribution in [3.05, 3.63) is 46.4 Å². The van der Waals surface area contributed by atoms with Gasteiger partial charge in [0.2, 0.25) is 0 Å². The quantitative estimate of drug-likeness (QED) is 0.856. The molecule has 0 aromatic heterocycles. The van der Waals surface area contributed by atoms with Crippen molar-refractivity contribution >= 4 is 45.0 Å². The summed E-state index contributed by atoms with van der Waals surface area (Å²) in [6.45, 7) is 4.33. The lowest BCUT2D eigenvalue weighted by Crippen LogP contribution is -2.34. The minimum absolute atomic E-state index is 0. The lowest BCUT2D eigenvalue weighted by molar-refractivity contribution is 0.0777. The average molecular weight is 384 g/mol. The topological polar surface area (TPSA) is 46.3 Å². The van der Waals surface area contributed by atoms with Crippen LogP contribution in [0.25, 0.3) is 10.8 Å². The van der Waals surface area contributed by atoms with Crippen LogP contribution >= 0.6 is 28.3 Å². The first-order valence-electron chi connectivity index (χ1n) is 7.19. The van der Waals surface area contributed by atoms with Crippen molar-refractivity contribution in [2.45, 2.75) is 13.3 Å². The molecule has 2 N–H and O–H groups in total.